The number of nitrogens with two attached hydrogens (primary N) is 1. The summed E-state index contributed by atoms with van der Waals surface area (Å²) in [6.07, 6.45) is 0. The number of benzene rings is 1. The fraction of sp³-hybridized carbons (Fsp3) is 0.533. The zero-order chi connectivity index (χ0) is 13.8. The minimum absolute atomic E-state index is 0.265. The topological polar surface area (TPSA) is 58.4 Å². The normalized spacial score (nSPS) is 18.5. The van der Waals surface area contributed by atoms with Crippen LogP contribution in [0.1, 0.15) is 36.9 Å². The van der Waals surface area contributed by atoms with Crippen LogP contribution in [-0.2, 0) is 4.79 Å². The number of nitrogens with zero attached hydrogens (tertiary/aromatic N) is 1. The number of primary amides is 1. The van der Waals surface area contributed by atoms with E-state index in [4.69, 9.17) is 5.73 Å². The van der Waals surface area contributed by atoms with Gasteiger partial charge < -0.3 is 11.1 Å². The van der Waals surface area contributed by atoms with Gasteiger partial charge in [-0.25, -0.2) is 0 Å². The van der Waals surface area contributed by atoms with Gasteiger partial charge in [-0.05, 0) is 17.0 Å². The number of nitrogens with one attached hydrogen (secondary N) is 1. The number of hydrogen-bond donors (Lipinski definition) is 2. The molecule has 0 saturated carbocycles. The van der Waals surface area contributed by atoms with Gasteiger partial charge in [0.25, 0.3) is 0 Å². The van der Waals surface area contributed by atoms with Crippen molar-refractivity contribution in [1.82, 2.24) is 10.2 Å². The first-order chi connectivity index (χ1) is 9.09. The molecule has 1 aliphatic heterocycles. The van der Waals surface area contributed by atoms with Crippen LogP contribution in [0.25, 0.3) is 0 Å². The molecule has 104 valence electrons. The molecule has 0 bridgehead atoms. The van der Waals surface area contributed by atoms with E-state index >= 15 is 0 Å². The molecule has 1 saturated heterocycles. The zero-order valence-electron chi connectivity index (χ0n) is 11.7. The van der Waals surface area contributed by atoms with Crippen LogP contribution in [-0.4, -0.2) is 37.0 Å². The number of carbonyl (C=O) groups is 1. The van der Waals surface area contributed by atoms with Crippen LogP contribution >= 0.6 is 0 Å². The maximum Gasteiger partial charge on any atom is 0.239 e. The number of piperazine rings is 1. The van der Waals surface area contributed by atoms with Gasteiger partial charge in [0.15, 0.2) is 0 Å². The Bertz CT molecular complexity index is 422. The van der Waals surface area contributed by atoms with E-state index in [2.05, 4.69) is 36.2 Å². The monoisotopic (exact) mass is 261 g/mol. The van der Waals surface area contributed by atoms with Gasteiger partial charge in [0, 0.05) is 26.2 Å². The Kier molecular flexibility index (Phi) is 4.56. The molecule has 1 amide bonds. The summed E-state index contributed by atoms with van der Waals surface area (Å²) in [6, 6.07) is 7.96. The molecule has 1 aromatic rings. The summed E-state index contributed by atoms with van der Waals surface area (Å²) < 4.78 is 0. The van der Waals surface area contributed by atoms with E-state index in [1.165, 1.54) is 5.56 Å². The summed E-state index contributed by atoms with van der Waals surface area (Å²) in [7, 11) is 0. The fourth-order valence-corrected chi connectivity index (χ4v) is 2.56. The summed E-state index contributed by atoms with van der Waals surface area (Å²) in [4.78, 5) is 13.9. The number of rotatable bonds is 4. The first-order valence-corrected chi connectivity index (χ1v) is 6.93. The van der Waals surface area contributed by atoms with E-state index in [0.29, 0.717) is 5.92 Å². The molecule has 4 heteroatoms. The Morgan fingerprint density at radius 1 is 1.16 bits per heavy atom. The van der Waals surface area contributed by atoms with Crippen LogP contribution in [0.2, 0.25) is 0 Å². The van der Waals surface area contributed by atoms with Gasteiger partial charge >= 0.3 is 0 Å². The second kappa shape index (κ2) is 6.17. The van der Waals surface area contributed by atoms with E-state index in [-0.39, 0.29) is 11.9 Å². The quantitative estimate of drug-likeness (QED) is 0.857. The van der Waals surface area contributed by atoms with Crippen LogP contribution < -0.4 is 11.1 Å². The molecular formula is C15H23N3O. The predicted molar refractivity (Wildman–Crippen MR) is 76.9 cm³/mol. The molecule has 0 radical (unpaired) electrons. The van der Waals surface area contributed by atoms with Crippen molar-refractivity contribution in [2.75, 3.05) is 26.2 Å². The second-order valence-electron chi connectivity index (χ2n) is 5.41. The lowest BCUT2D eigenvalue weighted by Gasteiger charge is -2.33. The summed E-state index contributed by atoms with van der Waals surface area (Å²) in [5, 5.41) is 3.29. The van der Waals surface area contributed by atoms with Crippen LogP contribution in [0.3, 0.4) is 0 Å². The van der Waals surface area contributed by atoms with Crippen LogP contribution in [0, 0.1) is 0 Å². The highest BCUT2D eigenvalue weighted by Crippen LogP contribution is 2.23. The molecule has 0 spiro atoms. The average molecular weight is 261 g/mol. The standard InChI is InChI=1S/C15H23N3O/c1-11(2)12-3-5-13(6-4-12)14(15(16)19)18-9-7-17-8-10-18/h3-6,11,14,17H,7-10H2,1-2H3,(H2,16,19). The molecule has 1 fully saturated rings. The second-order valence-corrected chi connectivity index (χ2v) is 5.41. The first kappa shape index (κ1) is 14.0. The Labute approximate surface area is 115 Å². The summed E-state index contributed by atoms with van der Waals surface area (Å²) >= 11 is 0. The molecular weight excluding hydrogens is 238 g/mol. The maximum atomic E-state index is 11.8. The van der Waals surface area contributed by atoms with Crippen molar-refractivity contribution in [3.63, 3.8) is 0 Å². The zero-order valence-corrected chi connectivity index (χ0v) is 11.7. The fourth-order valence-electron chi connectivity index (χ4n) is 2.56. The Balaban J connectivity index is 2.20. The summed E-state index contributed by atoms with van der Waals surface area (Å²) in [5.74, 6) is 0.236. The molecule has 19 heavy (non-hydrogen) atoms. The van der Waals surface area contributed by atoms with Gasteiger partial charge in [-0.15, -0.1) is 0 Å². The number of amides is 1. The average Bonchev–Trinajstić information content (AvgIpc) is 2.40. The third kappa shape index (κ3) is 3.33. The van der Waals surface area contributed by atoms with Crippen molar-refractivity contribution in [2.45, 2.75) is 25.8 Å². The van der Waals surface area contributed by atoms with Crippen molar-refractivity contribution in [3.8, 4) is 0 Å². The molecule has 1 atom stereocenters. The molecule has 0 aromatic heterocycles. The van der Waals surface area contributed by atoms with Crippen molar-refractivity contribution >= 4 is 5.91 Å². The molecule has 1 unspecified atom stereocenters. The lowest BCUT2D eigenvalue weighted by molar-refractivity contribution is -0.123. The highest BCUT2D eigenvalue weighted by Gasteiger charge is 2.26. The number of carbonyl (C=O) groups excluding carboxylic acids is 1. The van der Waals surface area contributed by atoms with Crippen LogP contribution in [0.5, 0.6) is 0 Å². The van der Waals surface area contributed by atoms with Gasteiger partial charge in [-0.2, -0.15) is 0 Å². The molecule has 0 aliphatic carbocycles. The van der Waals surface area contributed by atoms with Crippen molar-refractivity contribution in [3.05, 3.63) is 35.4 Å². The minimum Gasteiger partial charge on any atom is -0.368 e. The molecule has 3 N–H and O–H groups in total. The van der Waals surface area contributed by atoms with Crippen LogP contribution in [0.15, 0.2) is 24.3 Å². The van der Waals surface area contributed by atoms with Gasteiger partial charge in [0.05, 0.1) is 0 Å². The Morgan fingerprint density at radius 3 is 2.16 bits per heavy atom. The van der Waals surface area contributed by atoms with Crippen molar-refractivity contribution < 1.29 is 4.79 Å². The van der Waals surface area contributed by atoms with Gasteiger partial charge in [0.2, 0.25) is 5.91 Å². The lowest BCUT2D eigenvalue weighted by Crippen LogP contribution is -2.48. The summed E-state index contributed by atoms with van der Waals surface area (Å²) in [6.45, 7) is 7.87. The highest BCUT2D eigenvalue weighted by atomic mass is 16.1. The molecule has 4 nitrogen and oxygen atoms in total. The summed E-state index contributed by atoms with van der Waals surface area (Å²) in [5.41, 5.74) is 7.88. The Hall–Kier alpha value is -1.39. The third-order valence-electron chi connectivity index (χ3n) is 3.71. The first-order valence-electron chi connectivity index (χ1n) is 6.93. The smallest absolute Gasteiger partial charge is 0.239 e. The van der Waals surface area contributed by atoms with E-state index < -0.39 is 0 Å². The largest absolute Gasteiger partial charge is 0.368 e. The minimum atomic E-state index is -0.302. The van der Waals surface area contributed by atoms with Crippen LogP contribution in [0.4, 0.5) is 0 Å². The SMILES string of the molecule is CC(C)c1ccc(C(C(N)=O)N2CCNCC2)cc1. The lowest BCUT2D eigenvalue weighted by atomic mass is 9.98. The molecule has 1 aromatic carbocycles. The Morgan fingerprint density at radius 2 is 1.68 bits per heavy atom. The molecule has 1 aliphatic rings. The molecule has 2 rings (SSSR count). The van der Waals surface area contributed by atoms with E-state index in [1.54, 1.807) is 0 Å². The van der Waals surface area contributed by atoms with Crippen molar-refractivity contribution in [2.24, 2.45) is 5.73 Å². The van der Waals surface area contributed by atoms with Gasteiger partial charge in [0.1, 0.15) is 6.04 Å². The maximum absolute atomic E-state index is 11.8. The van der Waals surface area contributed by atoms with E-state index in [1.807, 2.05) is 12.1 Å². The predicted octanol–water partition coefficient (Wildman–Crippen LogP) is 1.24. The van der Waals surface area contributed by atoms with E-state index in [0.717, 1.165) is 31.7 Å². The van der Waals surface area contributed by atoms with Gasteiger partial charge in [-0.1, -0.05) is 38.1 Å². The van der Waals surface area contributed by atoms with Gasteiger partial charge in [-0.3, -0.25) is 9.69 Å². The van der Waals surface area contributed by atoms with E-state index in [9.17, 15) is 4.79 Å². The molecule has 1 heterocycles. The third-order valence-corrected chi connectivity index (χ3v) is 3.71. The van der Waals surface area contributed by atoms with Crippen molar-refractivity contribution in [1.29, 1.82) is 0 Å². The number of hydrogen-bond acceptors (Lipinski definition) is 3. The highest BCUT2D eigenvalue weighted by molar-refractivity contribution is 5.81.